The van der Waals surface area contributed by atoms with E-state index < -0.39 is 5.91 Å². The lowest BCUT2D eigenvalue weighted by atomic mass is 10.1. The Hall–Kier alpha value is -3.67. The molecule has 0 radical (unpaired) electrons. The summed E-state index contributed by atoms with van der Waals surface area (Å²) in [4.78, 5) is 28.4. The number of nitrogens with zero attached hydrogens (tertiary/aromatic N) is 3. The van der Waals surface area contributed by atoms with Gasteiger partial charge in [0, 0.05) is 13.1 Å². The Kier molecular flexibility index (Phi) is 7.26. The van der Waals surface area contributed by atoms with Crippen molar-refractivity contribution in [3.8, 4) is 17.5 Å². The van der Waals surface area contributed by atoms with Gasteiger partial charge in [0.2, 0.25) is 0 Å². The summed E-state index contributed by atoms with van der Waals surface area (Å²) in [7, 11) is 0. The molecule has 2 aromatic carbocycles. The Morgan fingerprint density at radius 3 is 2.44 bits per heavy atom. The molecule has 0 unspecified atom stereocenters. The van der Waals surface area contributed by atoms with E-state index in [0.717, 1.165) is 22.5 Å². The van der Waals surface area contributed by atoms with Gasteiger partial charge in [-0.25, -0.2) is 0 Å². The van der Waals surface area contributed by atoms with E-state index in [-0.39, 0.29) is 11.1 Å². The van der Waals surface area contributed by atoms with Crippen LogP contribution in [-0.2, 0) is 9.53 Å². The minimum absolute atomic E-state index is 0.0542. The fraction of sp³-hybridized carbons (Fsp3) is 0.269. The zero-order chi connectivity index (χ0) is 24.1. The summed E-state index contributed by atoms with van der Waals surface area (Å²) < 4.78 is 13.0. The fourth-order valence-electron chi connectivity index (χ4n) is 3.67. The molecule has 1 aliphatic heterocycles. The van der Waals surface area contributed by atoms with E-state index in [1.807, 2.05) is 38.1 Å². The number of carbonyl (C=O) groups is 1. The second-order valence-corrected chi connectivity index (χ2v) is 8.82. The Balaban J connectivity index is 1.94. The lowest BCUT2D eigenvalue weighted by Crippen LogP contribution is -2.42. The highest BCUT2D eigenvalue weighted by Gasteiger charge is 2.24. The highest BCUT2D eigenvalue weighted by atomic mass is 32.1. The number of hydrogen-bond donors (Lipinski definition) is 0. The molecule has 3 aromatic rings. The second kappa shape index (κ2) is 10.5. The molecule has 0 spiro atoms. The van der Waals surface area contributed by atoms with Crippen molar-refractivity contribution in [3.63, 3.8) is 0 Å². The summed E-state index contributed by atoms with van der Waals surface area (Å²) in [6, 6.07) is 16.9. The maximum absolute atomic E-state index is 13.5. The van der Waals surface area contributed by atoms with Crippen LogP contribution in [0.15, 0.2) is 53.3 Å². The van der Waals surface area contributed by atoms with E-state index in [1.165, 1.54) is 4.57 Å². The van der Waals surface area contributed by atoms with Gasteiger partial charge >= 0.3 is 0 Å². The van der Waals surface area contributed by atoms with E-state index in [4.69, 9.17) is 9.47 Å². The number of benzene rings is 2. The molecule has 1 fully saturated rings. The minimum Gasteiger partial charge on any atom is -0.494 e. The number of morpholine rings is 1. The molecule has 0 atom stereocenters. The summed E-state index contributed by atoms with van der Waals surface area (Å²) in [6.07, 6.45) is 1.79. The Morgan fingerprint density at radius 2 is 1.82 bits per heavy atom. The lowest BCUT2D eigenvalue weighted by Gasteiger charge is -2.26. The topological polar surface area (TPSA) is 84.6 Å². The summed E-state index contributed by atoms with van der Waals surface area (Å²) in [5.41, 5.74) is 2.21. The van der Waals surface area contributed by atoms with Crippen molar-refractivity contribution in [3.05, 3.63) is 79.2 Å². The van der Waals surface area contributed by atoms with Crippen LogP contribution >= 0.6 is 11.3 Å². The molecule has 1 amide bonds. The van der Waals surface area contributed by atoms with Crippen molar-refractivity contribution >= 4 is 28.9 Å². The van der Waals surface area contributed by atoms with Crippen LogP contribution in [0.5, 0.6) is 5.75 Å². The maximum Gasteiger partial charge on any atom is 0.273 e. The van der Waals surface area contributed by atoms with Gasteiger partial charge in [-0.2, -0.15) is 5.26 Å². The van der Waals surface area contributed by atoms with Crippen molar-refractivity contribution in [2.45, 2.75) is 13.8 Å². The molecule has 174 valence electrons. The van der Waals surface area contributed by atoms with E-state index in [2.05, 4.69) is 6.07 Å². The minimum atomic E-state index is -0.395. The first-order chi connectivity index (χ1) is 16.5. The molecule has 0 aliphatic carbocycles. The lowest BCUT2D eigenvalue weighted by molar-refractivity contribution is -0.128. The maximum atomic E-state index is 13.5. The van der Waals surface area contributed by atoms with Gasteiger partial charge in [-0.05, 0) is 49.8 Å². The zero-order valence-corrected chi connectivity index (χ0v) is 19.9. The van der Waals surface area contributed by atoms with Crippen molar-refractivity contribution in [1.29, 1.82) is 5.26 Å². The van der Waals surface area contributed by atoms with Crippen LogP contribution in [-0.4, -0.2) is 48.3 Å². The number of ether oxygens (including phenoxy) is 2. The number of amides is 1. The first kappa shape index (κ1) is 23.5. The summed E-state index contributed by atoms with van der Waals surface area (Å²) in [5, 5.41) is 9.98. The van der Waals surface area contributed by atoms with Gasteiger partial charge in [0.1, 0.15) is 16.5 Å². The Labute approximate surface area is 201 Å². The van der Waals surface area contributed by atoms with Gasteiger partial charge in [-0.1, -0.05) is 29.8 Å². The molecular formula is C26H25N3O4S. The smallest absolute Gasteiger partial charge is 0.273 e. The fourth-order valence-corrected chi connectivity index (χ4v) is 4.76. The van der Waals surface area contributed by atoms with Crippen molar-refractivity contribution in [2.75, 3.05) is 32.9 Å². The van der Waals surface area contributed by atoms with Crippen LogP contribution in [0.1, 0.15) is 18.1 Å². The summed E-state index contributed by atoms with van der Waals surface area (Å²) >= 11 is 1.14. The molecule has 1 aliphatic rings. The third-order valence-electron chi connectivity index (χ3n) is 5.44. The number of nitriles is 1. The van der Waals surface area contributed by atoms with Gasteiger partial charge in [-0.15, -0.1) is 11.3 Å². The molecule has 2 heterocycles. The van der Waals surface area contributed by atoms with Crippen LogP contribution in [0.25, 0.3) is 17.3 Å². The van der Waals surface area contributed by atoms with Gasteiger partial charge in [-0.3, -0.25) is 14.2 Å². The Morgan fingerprint density at radius 1 is 1.15 bits per heavy atom. The van der Waals surface area contributed by atoms with Crippen LogP contribution < -0.4 is 19.5 Å². The molecule has 34 heavy (non-hydrogen) atoms. The molecule has 4 rings (SSSR count). The van der Waals surface area contributed by atoms with E-state index >= 15 is 0 Å². The summed E-state index contributed by atoms with van der Waals surface area (Å²) in [6.45, 7) is 6.08. The van der Waals surface area contributed by atoms with Crippen LogP contribution in [0.2, 0.25) is 0 Å². The number of carbonyl (C=O) groups excluding carboxylic acids is 1. The van der Waals surface area contributed by atoms with Gasteiger partial charge in [0.15, 0.2) is 5.57 Å². The van der Waals surface area contributed by atoms with Crippen molar-refractivity contribution < 1.29 is 14.3 Å². The largest absolute Gasteiger partial charge is 0.494 e. The van der Waals surface area contributed by atoms with Crippen LogP contribution in [0, 0.1) is 18.3 Å². The molecule has 1 aromatic heterocycles. The number of aromatic nitrogens is 1. The molecule has 0 N–H and O–H groups in total. The summed E-state index contributed by atoms with van der Waals surface area (Å²) in [5.74, 6) is 0.282. The van der Waals surface area contributed by atoms with Gasteiger partial charge in [0.05, 0.1) is 30.0 Å². The molecule has 0 bridgehead atoms. The van der Waals surface area contributed by atoms with Crippen molar-refractivity contribution in [1.82, 2.24) is 9.47 Å². The Bertz CT molecular complexity index is 1390. The predicted octanol–water partition coefficient (Wildman–Crippen LogP) is 1.97. The van der Waals surface area contributed by atoms with Gasteiger partial charge < -0.3 is 14.4 Å². The number of rotatable bonds is 5. The zero-order valence-electron chi connectivity index (χ0n) is 19.1. The third kappa shape index (κ3) is 4.96. The quantitative estimate of drug-likeness (QED) is 0.563. The van der Waals surface area contributed by atoms with Gasteiger partial charge in [0.25, 0.3) is 11.5 Å². The van der Waals surface area contributed by atoms with E-state index in [0.29, 0.717) is 53.5 Å². The average molecular weight is 476 g/mol. The highest BCUT2D eigenvalue weighted by Crippen LogP contribution is 2.14. The third-order valence-corrected chi connectivity index (χ3v) is 6.53. The predicted molar refractivity (Wildman–Crippen MR) is 132 cm³/mol. The first-order valence-electron chi connectivity index (χ1n) is 11.1. The van der Waals surface area contributed by atoms with Crippen LogP contribution in [0.3, 0.4) is 0 Å². The molecule has 7 nitrogen and oxygen atoms in total. The van der Waals surface area contributed by atoms with Crippen LogP contribution in [0.4, 0.5) is 0 Å². The SMILES string of the molecule is CCOc1ccc(-n2c(=O)/c(=C\c3ccc(C)cc3)s/c2=C(/C#N)C(=O)N2CCOCC2)cc1. The van der Waals surface area contributed by atoms with E-state index in [9.17, 15) is 14.9 Å². The normalized spacial score (nSPS) is 15.1. The molecule has 8 heteroatoms. The standard InChI is InChI=1S/C26H25N3O4S/c1-3-33-21-10-8-20(9-11-21)29-25(31)23(16-19-6-4-18(2)5-7-19)34-26(29)22(17-27)24(30)28-12-14-32-15-13-28/h4-11,16H,3,12-15H2,1-2H3/b23-16+,26-22-. The monoisotopic (exact) mass is 475 g/mol. The highest BCUT2D eigenvalue weighted by molar-refractivity contribution is 7.07. The molecule has 1 saturated heterocycles. The second-order valence-electron chi connectivity index (χ2n) is 7.79. The molecular weight excluding hydrogens is 450 g/mol. The number of aryl methyl sites for hydroxylation is 1. The number of hydrogen-bond acceptors (Lipinski definition) is 6. The number of thiazole rings is 1. The average Bonchev–Trinajstić information content (AvgIpc) is 3.17. The molecule has 0 saturated carbocycles. The van der Waals surface area contributed by atoms with Crippen molar-refractivity contribution in [2.24, 2.45) is 0 Å². The van der Waals surface area contributed by atoms with E-state index in [1.54, 1.807) is 35.2 Å². The first-order valence-corrected chi connectivity index (χ1v) is 11.9.